The van der Waals surface area contributed by atoms with Gasteiger partial charge < -0.3 is 0 Å². The van der Waals surface area contributed by atoms with Crippen molar-refractivity contribution in [2.45, 2.75) is 11.3 Å². The third-order valence-electron chi connectivity index (χ3n) is 4.60. The van der Waals surface area contributed by atoms with Crippen molar-refractivity contribution in [3.63, 3.8) is 0 Å². The molecule has 0 N–H and O–H groups in total. The molecule has 0 radical (unpaired) electrons. The van der Waals surface area contributed by atoms with Crippen LogP contribution in [0.15, 0.2) is 115 Å². The first-order valence-corrected chi connectivity index (χ1v) is 11.0. The molecule has 30 heavy (non-hydrogen) atoms. The molecule has 0 aliphatic heterocycles. The number of allylic oxidation sites excluding steroid dienone is 1. The largest absolute Gasteiger partial charge is 0.297 e. The molecule has 0 saturated carbocycles. The molecular weight excluding hydrogens is 392 g/mol. The van der Waals surface area contributed by atoms with E-state index in [0.29, 0.717) is 5.39 Å². The fourth-order valence-corrected chi connectivity index (χ4v) is 4.34. The fourth-order valence-electron chi connectivity index (χ4n) is 3.24. The molecular formula is C26H24O3S. The molecule has 0 aliphatic rings. The van der Waals surface area contributed by atoms with Crippen LogP contribution in [-0.2, 0) is 20.7 Å². The van der Waals surface area contributed by atoms with Gasteiger partial charge in [0.25, 0.3) is 10.1 Å². The monoisotopic (exact) mass is 416 g/mol. The predicted octanol–water partition coefficient (Wildman–Crippen LogP) is 6.30. The minimum absolute atomic E-state index is 0.0223. The van der Waals surface area contributed by atoms with E-state index >= 15 is 0 Å². The van der Waals surface area contributed by atoms with Gasteiger partial charge in [-0.2, -0.15) is 8.42 Å². The molecule has 3 nitrogen and oxygen atoms in total. The summed E-state index contributed by atoms with van der Waals surface area (Å²) >= 11 is 0. The van der Waals surface area contributed by atoms with Crippen molar-refractivity contribution in [2.75, 3.05) is 6.61 Å². The van der Waals surface area contributed by atoms with Crippen LogP contribution < -0.4 is 0 Å². The SMILES string of the molecule is C=CCOS(=O)(=O)c1cccc2ccccc12.C=CCc1cccc2ccccc12. The van der Waals surface area contributed by atoms with Gasteiger partial charge in [-0.05, 0) is 34.2 Å². The van der Waals surface area contributed by atoms with E-state index in [1.54, 1.807) is 24.3 Å². The Morgan fingerprint density at radius 3 is 1.93 bits per heavy atom. The number of hydrogen-bond acceptors (Lipinski definition) is 3. The molecule has 0 atom stereocenters. The van der Waals surface area contributed by atoms with Crippen LogP contribution in [0.4, 0.5) is 0 Å². The van der Waals surface area contributed by atoms with Gasteiger partial charge in [-0.15, -0.1) is 13.2 Å². The van der Waals surface area contributed by atoms with Crippen LogP contribution >= 0.6 is 0 Å². The minimum atomic E-state index is -3.72. The van der Waals surface area contributed by atoms with E-state index in [-0.39, 0.29) is 11.5 Å². The van der Waals surface area contributed by atoms with Gasteiger partial charge in [0.05, 0.1) is 6.61 Å². The average molecular weight is 417 g/mol. The number of fused-ring (bicyclic) bond motifs is 2. The van der Waals surface area contributed by atoms with E-state index in [2.05, 4.69) is 55.6 Å². The lowest BCUT2D eigenvalue weighted by Crippen LogP contribution is -2.06. The zero-order valence-electron chi connectivity index (χ0n) is 16.7. The Morgan fingerprint density at radius 2 is 1.27 bits per heavy atom. The normalized spacial score (nSPS) is 10.9. The molecule has 152 valence electrons. The lowest BCUT2D eigenvalue weighted by atomic mass is 10.0. The molecule has 4 aromatic rings. The Morgan fingerprint density at radius 1 is 0.700 bits per heavy atom. The zero-order valence-corrected chi connectivity index (χ0v) is 17.5. The summed E-state index contributed by atoms with van der Waals surface area (Å²) in [5.74, 6) is 0. The van der Waals surface area contributed by atoms with Gasteiger partial charge in [-0.25, -0.2) is 0 Å². The van der Waals surface area contributed by atoms with Crippen LogP contribution in [0.2, 0.25) is 0 Å². The highest BCUT2D eigenvalue weighted by Crippen LogP contribution is 2.24. The highest BCUT2D eigenvalue weighted by atomic mass is 32.2. The Kier molecular flexibility index (Phi) is 7.17. The quantitative estimate of drug-likeness (QED) is 0.274. The second-order valence-electron chi connectivity index (χ2n) is 6.64. The second-order valence-corrected chi connectivity index (χ2v) is 8.22. The van der Waals surface area contributed by atoms with E-state index in [0.717, 1.165) is 11.8 Å². The Hall–Kier alpha value is -3.21. The standard InChI is InChI=1S/C13H12O3S.C13H12/c1-2-10-16-17(14,15)13-9-5-7-11-6-3-4-8-12(11)13;1-2-6-11-8-5-9-12-7-3-4-10-13(11)12/h2-9H,1,10H2;2-5,7-10H,1,6H2. The number of benzene rings is 4. The Labute approximate surface area is 178 Å². The summed E-state index contributed by atoms with van der Waals surface area (Å²) in [5.41, 5.74) is 1.35. The van der Waals surface area contributed by atoms with Crippen molar-refractivity contribution >= 4 is 31.7 Å². The molecule has 0 unspecified atom stereocenters. The number of hydrogen-bond donors (Lipinski definition) is 0. The Balaban J connectivity index is 0.000000177. The summed E-state index contributed by atoms with van der Waals surface area (Å²) < 4.78 is 28.7. The van der Waals surface area contributed by atoms with Crippen LogP contribution in [0.3, 0.4) is 0 Å². The molecule has 0 fully saturated rings. The lowest BCUT2D eigenvalue weighted by Gasteiger charge is -2.06. The van der Waals surface area contributed by atoms with Gasteiger partial charge in [0, 0.05) is 5.39 Å². The van der Waals surface area contributed by atoms with Crippen molar-refractivity contribution in [1.29, 1.82) is 0 Å². The van der Waals surface area contributed by atoms with Crippen molar-refractivity contribution < 1.29 is 12.6 Å². The highest BCUT2D eigenvalue weighted by molar-refractivity contribution is 7.87. The maximum absolute atomic E-state index is 11.9. The summed E-state index contributed by atoms with van der Waals surface area (Å²) in [7, 11) is -3.72. The van der Waals surface area contributed by atoms with E-state index in [1.807, 2.05) is 24.3 Å². The minimum Gasteiger partial charge on any atom is -0.262 e. The Bertz CT molecular complexity index is 1260. The smallest absolute Gasteiger partial charge is 0.262 e. The highest BCUT2D eigenvalue weighted by Gasteiger charge is 2.17. The van der Waals surface area contributed by atoms with Gasteiger partial charge in [0.15, 0.2) is 0 Å². The summed E-state index contributed by atoms with van der Waals surface area (Å²) in [6.45, 7) is 7.17. The van der Waals surface area contributed by atoms with Gasteiger partial charge in [0.2, 0.25) is 0 Å². The molecule has 0 aromatic heterocycles. The third-order valence-corrected chi connectivity index (χ3v) is 5.95. The average Bonchev–Trinajstić information content (AvgIpc) is 2.78. The summed E-state index contributed by atoms with van der Waals surface area (Å²) in [4.78, 5) is 0.192. The molecule has 0 spiro atoms. The number of rotatable bonds is 6. The van der Waals surface area contributed by atoms with Gasteiger partial charge >= 0.3 is 0 Å². The molecule has 0 heterocycles. The van der Waals surface area contributed by atoms with E-state index in [9.17, 15) is 8.42 Å². The van der Waals surface area contributed by atoms with Crippen LogP contribution in [0.1, 0.15) is 5.56 Å². The van der Waals surface area contributed by atoms with Crippen molar-refractivity contribution in [2.24, 2.45) is 0 Å². The van der Waals surface area contributed by atoms with Crippen LogP contribution in [0, 0.1) is 0 Å². The molecule has 4 aromatic carbocycles. The van der Waals surface area contributed by atoms with Crippen molar-refractivity contribution in [3.05, 3.63) is 116 Å². The van der Waals surface area contributed by atoms with Gasteiger partial charge in [0.1, 0.15) is 4.90 Å². The van der Waals surface area contributed by atoms with Crippen LogP contribution in [0.25, 0.3) is 21.5 Å². The molecule has 0 bridgehead atoms. The summed E-state index contributed by atoms with van der Waals surface area (Å²) in [6.07, 6.45) is 4.30. The first-order valence-electron chi connectivity index (χ1n) is 9.62. The van der Waals surface area contributed by atoms with E-state index in [1.165, 1.54) is 22.4 Å². The summed E-state index contributed by atoms with van der Waals surface area (Å²) in [6, 6.07) is 27.2. The summed E-state index contributed by atoms with van der Waals surface area (Å²) in [5, 5.41) is 4.18. The first kappa shape index (κ1) is 21.5. The van der Waals surface area contributed by atoms with Crippen molar-refractivity contribution in [3.8, 4) is 0 Å². The maximum atomic E-state index is 11.9. The lowest BCUT2D eigenvalue weighted by molar-refractivity contribution is 0.358. The van der Waals surface area contributed by atoms with Crippen LogP contribution in [0.5, 0.6) is 0 Å². The maximum Gasteiger partial charge on any atom is 0.297 e. The van der Waals surface area contributed by atoms with Gasteiger partial charge in [-0.3, -0.25) is 4.18 Å². The van der Waals surface area contributed by atoms with Crippen molar-refractivity contribution in [1.82, 2.24) is 0 Å². The van der Waals surface area contributed by atoms with E-state index in [4.69, 9.17) is 4.18 Å². The fraction of sp³-hybridized carbons (Fsp3) is 0.0769. The first-order chi connectivity index (χ1) is 14.6. The zero-order chi connectivity index (χ0) is 21.4. The van der Waals surface area contributed by atoms with Gasteiger partial charge in [-0.1, -0.05) is 91.0 Å². The second kappa shape index (κ2) is 10.0. The molecule has 4 rings (SSSR count). The topological polar surface area (TPSA) is 43.4 Å². The molecule has 0 amide bonds. The molecule has 0 aliphatic carbocycles. The predicted molar refractivity (Wildman–Crippen MR) is 125 cm³/mol. The third kappa shape index (κ3) is 5.03. The van der Waals surface area contributed by atoms with Crippen LogP contribution in [-0.4, -0.2) is 15.0 Å². The molecule has 4 heteroatoms. The van der Waals surface area contributed by atoms with E-state index < -0.39 is 10.1 Å². The molecule has 0 saturated heterocycles.